The fourth-order valence-corrected chi connectivity index (χ4v) is 4.11. The molecule has 0 N–H and O–H groups in total. The molecular formula is C24H24F7N3O. The molecule has 0 radical (unpaired) electrons. The van der Waals surface area contributed by atoms with Gasteiger partial charge in [0.2, 0.25) is 0 Å². The van der Waals surface area contributed by atoms with Gasteiger partial charge in [-0.1, -0.05) is 32.9 Å². The van der Waals surface area contributed by atoms with Crippen molar-refractivity contribution in [2.45, 2.75) is 50.2 Å². The van der Waals surface area contributed by atoms with E-state index in [1.54, 1.807) is 12.1 Å². The van der Waals surface area contributed by atoms with Gasteiger partial charge in [0, 0.05) is 25.2 Å². The molecule has 35 heavy (non-hydrogen) atoms. The number of hydrogen-bond acceptors (Lipinski definition) is 3. The minimum absolute atomic E-state index is 0.0811. The van der Waals surface area contributed by atoms with E-state index >= 15 is 0 Å². The van der Waals surface area contributed by atoms with Crippen LogP contribution in [0.15, 0.2) is 53.5 Å². The highest BCUT2D eigenvalue weighted by Crippen LogP contribution is 2.53. The zero-order valence-electron chi connectivity index (χ0n) is 19.6. The standard InChI is InChI=1S/C24H24F7N3O/c1-21(2,3)16-10-6-15(7-11-16)19(35)34(5)20-22(23(26,27)28,24(29,30)31)32-18(33(20)4)14-8-12-17(25)13-9-14/h6-13,20H,1-5H3. The van der Waals surface area contributed by atoms with Crippen LogP contribution >= 0.6 is 0 Å². The molecule has 0 bridgehead atoms. The van der Waals surface area contributed by atoms with Gasteiger partial charge in [0.25, 0.3) is 11.4 Å². The molecule has 3 rings (SSSR count). The summed E-state index contributed by atoms with van der Waals surface area (Å²) in [6.07, 6.45) is -14.4. The Morgan fingerprint density at radius 2 is 1.40 bits per heavy atom. The Bertz CT molecular complexity index is 1100. The first-order valence-electron chi connectivity index (χ1n) is 10.5. The van der Waals surface area contributed by atoms with Crippen LogP contribution in [0, 0.1) is 5.82 Å². The summed E-state index contributed by atoms with van der Waals surface area (Å²) < 4.78 is 98.8. The number of hydrogen-bond donors (Lipinski definition) is 0. The highest BCUT2D eigenvalue weighted by Gasteiger charge is 2.79. The maximum absolute atomic E-state index is 14.2. The molecule has 1 aliphatic rings. The Morgan fingerprint density at radius 1 is 0.914 bits per heavy atom. The van der Waals surface area contributed by atoms with Crippen molar-refractivity contribution in [2.75, 3.05) is 14.1 Å². The number of alkyl halides is 6. The maximum Gasteiger partial charge on any atom is 0.426 e. The van der Waals surface area contributed by atoms with E-state index in [0.717, 1.165) is 43.9 Å². The first-order valence-corrected chi connectivity index (χ1v) is 10.5. The van der Waals surface area contributed by atoms with Gasteiger partial charge in [-0.3, -0.25) is 4.79 Å². The number of carbonyl (C=O) groups excluding carboxylic acids is 1. The van der Waals surface area contributed by atoms with E-state index < -0.39 is 41.6 Å². The normalized spacial score (nSPS) is 18.5. The minimum Gasteiger partial charge on any atom is -0.336 e. The number of benzene rings is 2. The minimum atomic E-state index is -5.91. The molecule has 4 nitrogen and oxygen atoms in total. The van der Waals surface area contributed by atoms with Crippen LogP contribution in [-0.2, 0) is 5.41 Å². The molecule has 0 saturated heterocycles. The zero-order valence-corrected chi connectivity index (χ0v) is 19.6. The molecule has 0 fully saturated rings. The largest absolute Gasteiger partial charge is 0.426 e. The van der Waals surface area contributed by atoms with E-state index in [-0.39, 0.29) is 16.5 Å². The summed E-state index contributed by atoms with van der Waals surface area (Å²) in [5, 5.41) is 0. The summed E-state index contributed by atoms with van der Waals surface area (Å²) >= 11 is 0. The molecule has 1 aliphatic heterocycles. The third-order valence-corrected chi connectivity index (χ3v) is 6.01. The monoisotopic (exact) mass is 503 g/mol. The van der Waals surface area contributed by atoms with Crippen molar-refractivity contribution in [2.24, 2.45) is 4.99 Å². The molecule has 1 heterocycles. The van der Waals surface area contributed by atoms with Gasteiger partial charge >= 0.3 is 12.4 Å². The summed E-state index contributed by atoms with van der Waals surface area (Å²) in [4.78, 5) is 17.3. The van der Waals surface area contributed by atoms with E-state index in [9.17, 15) is 35.5 Å². The number of amides is 1. The van der Waals surface area contributed by atoms with Gasteiger partial charge in [0.1, 0.15) is 17.8 Å². The van der Waals surface area contributed by atoms with Crippen LogP contribution in [0.4, 0.5) is 30.7 Å². The third-order valence-electron chi connectivity index (χ3n) is 6.01. The fourth-order valence-electron chi connectivity index (χ4n) is 4.11. The maximum atomic E-state index is 14.2. The second-order valence-electron chi connectivity index (χ2n) is 9.43. The van der Waals surface area contributed by atoms with Crippen LogP contribution in [0.1, 0.15) is 42.3 Å². The third kappa shape index (κ3) is 4.48. The van der Waals surface area contributed by atoms with Gasteiger partial charge in [-0.2, -0.15) is 26.3 Å². The predicted octanol–water partition coefficient (Wildman–Crippen LogP) is 5.78. The lowest BCUT2D eigenvalue weighted by molar-refractivity contribution is -0.311. The molecule has 1 atom stereocenters. The lowest BCUT2D eigenvalue weighted by Crippen LogP contribution is -2.69. The zero-order chi connectivity index (χ0) is 26.6. The number of likely N-dealkylation sites (N-methyl/N-ethyl adjacent to an activating group) is 2. The van der Waals surface area contributed by atoms with Crippen molar-refractivity contribution in [1.29, 1.82) is 0 Å². The molecule has 0 aromatic heterocycles. The molecule has 0 aliphatic carbocycles. The molecular weight excluding hydrogens is 479 g/mol. The first kappa shape index (κ1) is 26.5. The van der Waals surface area contributed by atoms with Crippen LogP contribution in [0.5, 0.6) is 0 Å². The Kier molecular flexibility index (Phi) is 6.45. The van der Waals surface area contributed by atoms with Gasteiger partial charge in [0.15, 0.2) is 0 Å². The smallest absolute Gasteiger partial charge is 0.336 e. The number of carbonyl (C=O) groups is 1. The second kappa shape index (κ2) is 8.53. The highest BCUT2D eigenvalue weighted by atomic mass is 19.4. The fraction of sp³-hybridized carbons (Fsp3) is 0.417. The van der Waals surface area contributed by atoms with Crippen molar-refractivity contribution in [1.82, 2.24) is 9.80 Å². The average molecular weight is 503 g/mol. The number of amidine groups is 1. The molecule has 11 heteroatoms. The van der Waals surface area contributed by atoms with Crippen LogP contribution in [-0.4, -0.2) is 59.7 Å². The Labute approximate surface area is 198 Å². The van der Waals surface area contributed by atoms with E-state index in [4.69, 9.17) is 0 Å². The van der Waals surface area contributed by atoms with Crippen molar-refractivity contribution >= 4 is 11.7 Å². The number of rotatable bonds is 3. The number of halogens is 7. The summed E-state index contributed by atoms with van der Waals surface area (Å²) in [6, 6.07) is 9.76. The van der Waals surface area contributed by atoms with Crippen molar-refractivity contribution in [3.05, 3.63) is 71.0 Å². The molecule has 190 valence electrons. The van der Waals surface area contributed by atoms with Gasteiger partial charge in [-0.15, -0.1) is 0 Å². The Morgan fingerprint density at radius 3 is 1.83 bits per heavy atom. The van der Waals surface area contributed by atoms with Crippen molar-refractivity contribution in [3.63, 3.8) is 0 Å². The van der Waals surface area contributed by atoms with Crippen LogP contribution in [0.2, 0.25) is 0 Å². The van der Waals surface area contributed by atoms with E-state index in [0.29, 0.717) is 9.80 Å². The SMILES string of the molecule is CN(C(=O)c1ccc(C(C)(C)C)cc1)C1N(C)C(c2ccc(F)cc2)=NC1(C(F)(F)F)C(F)(F)F. The van der Waals surface area contributed by atoms with Gasteiger partial charge < -0.3 is 9.80 Å². The van der Waals surface area contributed by atoms with Gasteiger partial charge in [-0.25, -0.2) is 9.38 Å². The first-order chi connectivity index (χ1) is 15.9. The highest BCUT2D eigenvalue weighted by molar-refractivity contribution is 6.02. The van der Waals surface area contributed by atoms with Crippen LogP contribution in [0.3, 0.4) is 0 Å². The molecule has 0 spiro atoms. The lowest BCUT2D eigenvalue weighted by atomic mass is 9.86. The number of aliphatic imine (C=N–C) groups is 1. The Balaban J connectivity index is 2.13. The summed E-state index contributed by atoms with van der Waals surface area (Å²) in [6.45, 7) is 5.75. The number of nitrogens with zero attached hydrogens (tertiary/aromatic N) is 3. The van der Waals surface area contributed by atoms with Crippen LogP contribution in [0.25, 0.3) is 0 Å². The van der Waals surface area contributed by atoms with E-state index in [2.05, 4.69) is 4.99 Å². The topological polar surface area (TPSA) is 35.9 Å². The quantitative estimate of drug-likeness (QED) is 0.498. The molecule has 2 aromatic rings. The van der Waals surface area contributed by atoms with Gasteiger partial charge in [0.05, 0.1) is 0 Å². The average Bonchev–Trinajstić information content (AvgIpc) is 3.07. The summed E-state index contributed by atoms with van der Waals surface area (Å²) in [7, 11) is 1.86. The lowest BCUT2D eigenvalue weighted by Gasteiger charge is -2.42. The molecule has 2 aromatic carbocycles. The predicted molar refractivity (Wildman–Crippen MR) is 117 cm³/mol. The molecule has 1 amide bonds. The van der Waals surface area contributed by atoms with E-state index in [1.165, 1.54) is 12.1 Å². The second-order valence-corrected chi connectivity index (χ2v) is 9.43. The van der Waals surface area contributed by atoms with Gasteiger partial charge in [-0.05, 0) is 47.4 Å². The summed E-state index contributed by atoms with van der Waals surface area (Å²) in [5.74, 6) is -2.45. The van der Waals surface area contributed by atoms with Crippen LogP contribution < -0.4 is 0 Å². The van der Waals surface area contributed by atoms with E-state index in [1.807, 2.05) is 20.8 Å². The molecule has 0 saturated carbocycles. The van der Waals surface area contributed by atoms with Crippen molar-refractivity contribution in [3.8, 4) is 0 Å². The molecule has 1 unspecified atom stereocenters. The van der Waals surface area contributed by atoms with Crippen molar-refractivity contribution < 1.29 is 35.5 Å². The summed E-state index contributed by atoms with van der Waals surface area (Å²) in [5.41, 5.74) is -4.32. The Hall–Kier alpha value is -3.11.